The molecule has 0 aliphatic rings. The fourth-order valence-electron chi connectivity index (χ4n) is 1.92. The van der Waals surface area contributed by atoms with Crippen LogP contribution in [0.25, 0.3) is 5.65 Å². The Morgan fingerprint density at radius 2 is 1.95 bits per heavy atom. The van der Waals surface area contributed by atoms with Crippen molar-refractivity contribution in [1.82, 2.24) is 19.9 Å². The Bertz CT molecular complexity index is 574. The summed E-state index contributed by atoms with van der Waals surface area (Å²) in [7, 11) is 0. The number of pyridine rings is 1. The van der Waals surface area contributed by atoms with Gasteiger partial charge in [0.1, 0.15) is 0 Å². The van der Waals surface area contributed by atoms with Crippen LogP contribution < -0.4 is 5.32 Å². The first-order valence-corrected chi connectivity index (χ1v) is 6.60. The molecule has 0 unspecified atom stereocenters. The van der Waals surface area contributed by atoms with Gasteiger partial charge in [0.05, 0.1) is 6.04 Å². The second-order valence-corrected chi connectivity index (χ2v) is 5.37. The number of nitrogens with zero attached hydrogens (tertiary/aromatic N) is 3. The van der Waals surface area contributed by atoms with Crippen LogP contribution in [0.4, 0.5) is 0 Å². The first-order chi connectivity index (χ1) is 9.00. The topological polar surface area (TPSA) is 59.3 Å². The summed E-state index contributed by atoms with van der Waals surface area (Å²) in [6.07, 6.45) is 1.92. The molecule has 0 aromatic carbocycles. The fourth-order valence-corrected chi connectivity index (χ4v) is 1.92. The van der Waals surface area contributed by atoms with Crippen LogP contribution in [0.5, 0.6) is 0 Å². The molecule has 1 atom stereocenters. The van der Waals surface area contributed by atoms with E-state index in [0.29, 0.717) is 0 Å². The highest BCUT2D eigenvalue weighted by Crippen LogP contribution is 2.21. The molecule has 19 heavy (non-hydrogen) atoms. The summed E-state index contributed by atoms with van der Waals surface area (Å²) in [4.78, 5) is 11.9. The van der Waals surface area contributed by atoms with Crippen LogP contribution in [-0.2, 0) is 4.79 Å². The van der Waals surface area contributed by atoms with Crippen LogP contribution >= 0.6 is 0 Å². The van der Waals surface area contributed by atoms with Crippen molar-refractivity contribution >= 4 is 11.6 Å². The Morgan fingerprint density at radius 3 is 2.58 bits per heavy atom. The van der Waals surface area contributed by atoms with E-state index >= 15 is 0 Å². The van der Waals surface area contributed by atoms with Crippen LogP contribution in [0, 0.1) is 11.8 Å². The van der Waals surface area contributed by atoms with Crippen molar-refractivity contribution < 1.29 is 4.79 Å². The Kier molecular flexibility index (Phi) is 3.83. The normalized spacial score (nSPS) is 13.2. The number of hydrogen-bond donors (Lipinski definition) is 1. The van der Waals surface area contributed by atoms with Gasteiger partial charge in [-0.1, -0.05) is 33.8 Å². The molecule has 0 aliphatic carbocycles. The van der Waals surface area contributed by atoms with E-state index in [2.05, 4.69) is 29.4 Å². The number of fused-ring (bicyclic) bond motifs is 1. The predicted octanol–water partition coefficient (Wildman–Crippen LogP) is 2.20. The summed E-state index contributed by atoms with van der Waals surface area (Å²) in [6, 6.07) is 5.62. The quantitative estimate of drug-likeness (QED) is 0.916. The van der Waals surface area contributed by atoms with Gasteiger partial charge >= 0.3 is 0 Å². The number of carbonyl (C=O) groups is 1. The second kappa shape index (κ2) is 5.38. The smallest absolute Gasteiger partial charge is 0.223 e. The van der Waals surface area contributed by atoms with E-state index in [-0.39, 0.29) is 23.8 Å². The number of hydrogen-bond acceptors (Lipinski definition) is 3. The van der Waals surface area contributed by atoms with Crippen molar-refractivity contribution in [2.24, 2.45) is 11.8 Å². The third-order valence-electron chi connectivity index (χ3n) is 3.11. The lowest BCUT2D eigenvalue weighted by Crippen LogP contribution is -2.35. The molecule has 2 heterocycles. The molecule has 0 saturated carbocycles. The van der Waals surface area contributed by atoms with Crippen LogP contribution in [0.2, 0.25) is 0 Å². The second-order valence-electron chi connectivity index (χ2n) is 5.37. The van der Waals surface area contributed by atoms with Crippen molar-refractivity contribution in [2.75, 3.05) is 0 Å². The van der Waals surface area contributed by atoms with E-state index in [9.17, 15) is 4.79 Å². The number of carbonyl (C=O) groups excluding carboxylic acids is 1. The lowest BCUT2D eigenvalue weighted by molar-refractivity contribution is -0.125. The van der Waals surface area contributed by atoms with E-state index in [1.54, 1.807) is 0 Å². The van der Waals surface area contributed by atoms with Crippen molar-refractivity contribution in [1.29, 1.82) is 0 Å². The van der Waals surface area contributed by atoms with Crippen molar-refractivity contribution in [3.05, 3.63) is 30.2 Å². The SMILES string of the molecule is CC(C)C(=O)N[C@H](c1nnc2ccccn12)C(C)C. The molecule has 0 saturated heterocycles. The van der Waals surface area contributed by atoms with Crippen LogP contribution in [0.15, 0.2) is 24.4 Å². The molecule has 5 heteroatoms. The summed E-state index contributed by atoms with van der Waals surface area (Å²) in [6.45, 7) is 7.90. The average molecular weight is 260 g/mol. The lowest BCUT2D eigenvalue weighted by Gasteiger charge is -2.22. The third kappa shape index (κ3) is 2.75. The van der Waals surface area contributed by atoms with Crippen molar-refractivity contribution in [3.8, 4) is 0 Å². The van der Waals surface area contributed by atoms with E-state index in [0.717, 1.165) is 11.5 Å². The Hall–Kier alpha value is -1.91. The zero-order chi connectivity index (χ0) is 14.0. The molecule has 102 valence electrons. The number of amides is 1. The zero-order valence-electron chi connectivity index (χ0n) is 11.8. The molecule has 1 amide bonds. The fraction of sp³-hybridized carbons (Fsp3) is 0.500. The maximum absolute atomic E-state index is 11.9. The molecular weight excluding hydrogens is 240 g/mol. The first-order valence-electron chi connectivity index (χ1n) is 6.60. The molecule has 0 fully saturated rings. The zero-order valence-corrected chi connectivity index (χ0v) is 11.8. The molecule has 0 bridgehead atoms. The van der Waals surface area contributed by atoms with Gasteiger partial charge in [0, 0.05) is 12.1 Å². The summed E-state index contributed by atoms with van der Waals surface area (Å²) in [5.74, 6) is 1.02. The van der Waals surface area contributed by atoms with Gasteiger partial charge in [-0.15, -0.1) is 10.2 Å². The minimum atomic E-state index is -0.132. The van der Waals surface area contributed by atoms with E-state index < -0.39 is 0 Å². The summed E-state index contributed by atoms with van der Waals surface area (Å²) < 4.78 is 1.92. The number of nitrogens with one attached hydrogen (secondary N) is 1. The number of rotatable bonds is 4. The van der Waals surface area contributed by atoms with Crippen molar-refractivity contribution in [3.63, 3.8) is 0 Å². The predicted molar refractivity (Wildman–Crippen MR) is 73.5 cm³/mol. The standard InChI is InChI=1S/C14H20N4O/c1-9(2)12(15-14(19)10(3)4)13-17-16-11-7-5-6-8-18(11)13/h5-10,12H,1-4H3,(H,15,19)/t12-/m0/s1. The summed E-state index contributed by atoms with van der Waals surface area (Å²) in [5.41, 5.74) is 0.793. The van der Waals surface area contributed by atoms with Gasteiger partial charge < -0.3 is 5.32 Å². The molecule has 2 rings (SSSR count). The van der Waals surface area contributed by atoms with E-state index in [1.165, 1.54) is 0 Å². The molecule has 0 aliphatic heterocycles. The molecular formula is C14H20N4O. The highest BCUT2D eigenvalue weighted by atomic mass is 16.1. The third-order valence-corrected chi connectivity index (χ3v) is 3.11. The maximum Gasteiger partial charge on any atom is 0.223 e. The summed E-state index contributed by atoms with van der Waals surface area (Å²) in [5, 5.41) is 11.4. The average Bonchev–Trinajstić information content (AvgIpc) is 2.78. The van der Waals surface area contributed by atoms with E-state index in [4.69, 9.17) is 0 Å². The molecule has 1 N–H and O–H groups in total. The van der Waals surface area contributed by atoms with Gasteiger partial charge in [-0.25, -0.2) is 0 Å². The molecule has 2 aromatic heterocycles. The first kappa shape index (κ1) is 13.5. The van der Waals surface area contributed by atoms with Crippen LogP contribution in [0.1, 0.15) is 39.6 Å². The minimum Gasteiger partial charge on any atom is -0.346 e. The largest absolute Gasteiger partial charge is 0.346 e. The van der Waals surface area contributed by atoms with Gasteiger partial charge in [0.25, 0.3) is 0 Å². The van der Waals surface area contributed by atoms with Gasteiger partial charge in [0.15, 0.2) is 11.5 Å². The molecule has 5 nitrogen and oxygen atoms in total. The van der Waals surface area contributed by atoms with Gasteiger partial charge in [-0.3, -0.25) is 9.20 Å². The molecule has 0 radical (unpaired) electrons. The van der Waals surface area contributed by atoms with E-state index in [1.807, 2.05) is 42.6 Å². The highest BCUT2D eigenvalue weighted by molar-refractivity contribution is 5.78. The van der Waals surface area contributed by atoms with Gasteiger partial charge in [-0.05, 0) is 18.1 Å². The van der Waals surface area contributed by atoms with Crippen LogP contribution in [0.3, 0.4) is 0 Å². The maximum atomic E-state index is 11.9. The van der Waals surface area contributed by atoms with Crippen LogP contribution in [-0.4, -0.2) is 20.5 Å². The Morgan fingerprint density at radius 1 is 1.21 bits per heavy atom. The monoisotopic (exact) mass is 260 g/mol. The van der Waals surface area contributed by atoms with Crippen molar-refractivity contribution in [2.45, 2.75) is 33.7 Å². The summed E-state index contributed by atoms with van der Waals surface area (Å²) >= 11 is 0. The number of aromatic nitrogens is 3. The lowest BCUT2D eigenvalue weighted by atomic mass is 10.0. The molecule has 2 aromatic rings. The minimum absolute atomic E-state index is 0.0337. The Balaban J connectivity index is 2.36. The highest BCUT2D eigenvalue weighted by Gasteiger charge is 2.24. The van der Waals surface area contributed by atoms with Gasteiger partial charge in [0.2, 0.25) is 5.91 Å². The Labute approximate surface area is 113 Å². The van der Waals surface area contributed by atoms with Gasteiger partial charge in [-0.2, -0.15) is 0 Å². The molecule has 0 spiro atoms.